The molecule has 16 heavy (non-hydrogen) atoms. The summed E-state index contributed by atoms with van der Waals surface area (Å²) in [4.78, 5) is 14.2. The van der Waals surface area contributed by atoms with E-state index in [-0.39, 0.29) is 5.91 Å². The number of amides is 1. The lowest BCUT2D eigenvalue weighted by Gasteiger charge is -2.38. The second kappa shape index (κ2) is 5.31. The van der Waals surface area contributed by atoms with E-state index in [1.165, 1.54) is 0 Å². The zero-order chi connectivity index (χ0) is 12.2. The molecule has 1 aliphatic rings. The fourth-order valence-corrected chi connectivity index (χ4v) is 2.14. The maximum absolute atomic E-state index is 11.9. The second-order valence-corrected chi connectivity index (χ2v) is 4.68. The lowest BCUT2D eigenvalue weighted by molar-refractivity contribution is -0.130. The molecule has 1 aliphatic heterocycles. The van der Waals surface area contributed by atoms with Gasteiger partial charge in [0.2, 0.25) is 5.91 Å². The van der Waals surface area contributed by atoms with Crippen LogP contribution in [-0.2, 0) is 4.79 Å². The van der Waals surface area contributed by atoms with E-state index in [9.17, 15) is 10.1 Å². The summed E-state index contributed by atoms with van der Waals surface area (Å²) < 4.78 is 0. The van der Waals surface area contributed by atoms with Crippen LogP contribution < -0.4 is 5.32 Å². The monoisotopic (exact) mass is 223 g/mol. The third kappa shape index (κ3) is 2.53. The quantitative estimate of drug-likeness (QED) is 0.780. The molecule has 4 nitrogen and oxygen atoms in total. The van der Waals surface area contributed by atoms with E-state index in [0.717, 1.165) is 13.1 Å². The molecule has 0 aromatic rings. The Bertz CT molecular complexity index is 285. The molecule has 1 rings (SSSR count). The van der Waals surface area contributed by atoms with E-state index < -0.39 is 5.41 Å². The molecule has 0 atom stereocenters. The van der Waals surface area contributed by atoms with E-state index in [1.54, 1.807) is 0 Å². The minimum atomic E-state index is -0.790. The van der Waals surface area contributed by atoms with Gasteiger partial charge >= 0.3 is 0 Å². The van der Waals surface area contributed by atoms with Crippen molar-refractivity contribution in [1.29, 1.82) is 5.26 Å². The molecule has 90 valence electrons. The largest absolute Gasteiger partial charge is 0.355 e. The molecule has 1 heterocycles. The number of nitriles is 1. The number of likely N-dealkylation sites (tertiary alicyclic amines) is 1. The van der Waals surface area contributed by atoms with Crippen LogP contribution in [0.1, 0.15) is 33.6 Å². The van der Waals surface area contributed by atoms with Crippen LogP contribution in [0.3, 0.4) is 0 Å². The van der Waals surface area contributed by atoms with Crippen molar-refractivity contribution in [3.63, 3.8) is 0 Å². The Labute approximate surface area is 97.6 Å². The number of carbonyl (C=O) groups is 1. The molecule has 0 spiro atoms. The summed E-state index contributed by atoms with van der Waals surface area (Å²) in [5, 5.41) is 12.0. The molecule has 0 radical (unpaired) electrons. The van der Waals surface area contributed by atoms with Crippen LogP contribution in [0.4, 0.5) is 0 Å². The Balaban J connectivity index is 2.66. The molecule has 0 aromatic heterocycles. The van der Waals surface area contributed by atoms with Gasteiger partial charge < -0.3 is 10.2 Å². The van der Waals surface area contributed by atoms with Gasteiger partial charge in [0, 0.05) is 25.7 Å². The van der Waals surface area contributed by atoms with Crippen LogP contribution in [0, 0.1) is 16.7 Å². The summed E-state index contributed by atoms with van der Waals surface area (Å²) >= 11 is 0. The van der Waals surface area contributed by atoms with E-state index in [2.05, 4.69) is 30.1 Å². The number of hydrogen-bond acceptors (Lipinski definition) is 3. The molecule has 0 aromatic carbocycles. The molecular formula is C12H21N3O. The second-order valence-electron chi connectivity index (χ2n) is 4.68. The third-order valence-electron chi connectivity index (χ3n) is 3.37. The normalized spacial score (nSPS) is 20.4. The number of rotatable bonds is 3. The molecule has 1 N–H and O–H groups in total. The molecule has 0 aliphatic carbocycles. The van der Waals surface area contributed by atoms with Gasteiger partial charge in [0.05, 0.1) is 6.07 Å². The number of hydrogen-bond donors (Lipinski definition) is 1. The fourth-order valence-electron chi connectivity index (χ4n) is 2.14. The van der Waals surface area contributed by atoms with E-state index >= 15 is 0 Å². The highest BCUT2D eigenvalue weighted by molar-refractivity contribution is 5.85. The van der Waals surface area contributed by atoms with E-state index in [4.69, 9.17) is 0 Å². The van der Waals surface area contributed by atoms with Crippen molar-refractivity contribution < 1.29 is 4.79 Å². The number of carbonyl (C=O) groups excluding carboxylic acids is 1. The van der Waals surface area contributed by atoms with Crippen molar-refractivity contribution in [3.05, 3.63) is 0 Å². The Kier molecular flexibility index (Phi) is 4.31. The third-order valence-corrected chi connectivity index (χ3v) is 3.37. The summed E-state index contributed by atoms with van der Waals surface area (Å²) in [5.41, 5.74) is -0.790. The van der Waals surface area contributed by atoms with Gasteiger partial charge in [0.15, 0.2) is 0 Å². The predicted molar refractivity (Wildman–Crippen MR) is 62.7 cm³/mol. The summed E-state index contributed by atoms with van der Waals surface area (Å²) in [6, 6.07) is 2.71. The number of piperidine rings is 1. The number of nitrogens with one attached hydrogen (secondary N) is 1. The van der Waals surface area contributed by atoms with Crippen LogP contribution in [0.15, 0.2) is 0 Å². The average Bonchev–Trinajstić information content (AvgIpc) is 2.29. The topological polar surface area (TPSA) is 56.1 Å². The van der Waals surface area contributed by atoms with Gasteiger partial charge in [-0.25, -0.2) is 0 Å². The minimum absolute atomic E-state index is 0.0964. The van der Waals surface area contributed by atoms with Crippen molar-refractivity contribution in [1.82, 2.24) is 10.2 Å². The van der Waals surface area contributed by atoms with Crippen molar-refractivity contribution in [2.75, 3.05) is 19.6 Å². The van der Waals surface area contributed by atoms with Crippen LogP contribution in [-0.4, -0.2) is 36.5 Å². The van der Waals surface area contributed by atoms with Crippen molar-refractivity contribution in [3.8, 4) is 6.07 Å². The van der Waals surface area contributed by atoms with Gasteiger partial charge in [0.1, 0.15) is 5.41 Å². The van der Waals surface area contributed by atoms with Gasteiger partial charge in [-0.05, 0) is 33.6 Å². The Morgan fingerprint density at radius 1 is 1.50 bits per heavy atom. The highest BCUT2D eigenvalue weighted by Gasteiger charge is 2.41. The van der Waals surface area contributed by atoms with Gasteiger partial charge in [-0.3, -0.25) is 4.79 Å². The molecule has 4 heteroatoms. The summed E-state index contributed by atoms with van der Waals surface area (Å²) in [6.45, 7) is 8.43. The van der Waals surface area contributed by atoms with Crippen LogP contribution in [0.2, 0.25) is 0 Å². The molecular weight excluding hydrogens is 202 g/mol. The molecule has 1 fully saturated rings. The molecule has 1 saturated heterocycles. The summed E-state index contributed by atoms with van der Waals surface area (Å²) in [7, 11) is 0. The SMILES string of the molecule is CCNC(=O)C1(C#N)CCN(C(C)C)CC1. The first-order valence-corrected chi connectivity index (χ1v) is 5.99. The summed E-state index contributed by atoms with van der Waals surface area (Å²) in [5.74, 6) is -0.0964. The van der Waals surface area contributed by atoms with Gasteiger partial charge in [0.25, 0.3) is 0 Å². The first-order chi connectivity index (χ1) is 7.55. The zero-order valence-corrected chi connectivity index (χ0v) is 10.4. The van der Waals surface area contributed by atoms with E-state index in [1.807, 2.05) is 6.92 Å². The smallest absolute Gasteiger partial charge is 0.240 e. The average molecular weight is 223 g/mol. The number of nitrogens with zero attached hydrogens (tertiary/aromatic N) is 2. The fraction of sp³-hybridized carbons (Fsp3) is 0.833. The Hall–Kier alpha value is -1.08. The molecule has 0 saturated carbocycles. The molecule has 1 amide bonds. The van der Waals surface area contributed by atoms with Crippen LogP contribution in [0.5, 0.6) is 0 Å². The Morgan fingerprint density at radius 2 is 2.06 bits per heavy atom. The zero-order valence-electron chi connectivity index (χ0n) is 10.4. The lowest BCUT2D eigenvalue weighted by atomic mass is 9.78. The Morgan fingerprint density at radius 3 is 2.44 bits per heavy atom. The maximum atomic E-state index is 11.9. The van der Waals surface area contributed by atoms with Gasteiger partial charge in [-0.1, -0.05) is 0 Å². The standard InChI is InChI=1S/C12H21N3O/c1-4-14-11(16)12(9-13)5-7-15(8-6-12)10(2)3/h10H,4-8H2,1-3H3,(H,14,16). The predicted octanol–water partition coefficient (Wildman–Crippen LogP) is 1.14. The van der Waals surface area contributed by atoms with Crippen LogP contribution in [0.25, 0.3) is 0 Å². The highest BCUT2D eigenvalue weighted by atomic mass is 16.2. The highest BCUT2D eigenvalue weighted by Crippen LogP contribution is 2.31. The van der Waals surface area contributed by atoms with Crippen LogP contribution >= 0.6 is 0 Å². The van der Waals surface area contributed by atoms with Gasteiger partial charge in [-0.15, -0.1) is 0 Å². The van der Waals surface area contributed by atoms with Crippen molar-refractivity contribution >= 4 is 5.91 Å². The van der Waals surface area contributed by atoms with Gasteiger partial charge in [-0.2, -0.15) is 5.26 Å². The molecule has 0 unspecified atom stereocenters. The van der Waals surface area contributed by atoms with Crippen molar-refractivity contribution in [2.24, 2.45) is 5.41 Å². The first-order valence-electron chi connectivity index (χ1n) is 5.99. The first kappa shape index (κ1) is 13.0. The van der Waals surface area contributed by atoms with E-state index in [0.29, 0.717) is 25.4 Å². The lowest BCUT2D eigenvalue weighted by Crippen LogP contribution is -2.49. The van der Waals surface area contributed by atoms with Crippen molar-refractivity contribution in [2.45, 2.75) is 39.7 Å². The minimum Gasteiger partial charge on any atom is -0.355 e. The maximum Gasteiger partial charge on any atom is 0.240 e. The molecule has 0 bridgehead atoms. The summed E-state index contributed by atoms with van der Waals surface area (Å²) in [6.07, 6.45) is 1.29.